The number of hydrazine groups is 1. The highest BCUT2D eigenvalue weighted by Crippen LogP contribution is 2.23. The number of nitrogens with two attached hydrogens (primary N) is 1. The second-order valence-electron chi connectivity index (χ2n) is 4.08. The average Bonchev–Trinajstić information content (AvgIpc) is 2.49. The molecule has 0 aromatic heterocycles. The van der Waals surface area contributed by atoms with Gasteiger partial charge in [-0.2, -0.15) is 5.26 Å². The van der Waals surface area contributed by atoms with Crippen molar-refractivity contribution in [3.05, 3.63) is 52.5 Å². The number of nitrogens with one attached hydrogen (secondary N) is 2. The van der Waals surface area contributed by atoms with Gasteiger partial charge in [0, 0.05) is 10.2 Å². The van der Waals surface area contributed by atoms with Gasteiger partial charge in [-0.25, -0.2) is 8.42 Å². The van der Waals surface area contributed by atoms with Gasteiger partial charge in [-0.3, -0.25) is 10.6 Å². The van der Waals surface area contributed by atoms with Crippen molar-refractivity contribution in [3.63, 3.8) is 0 Å². The first-order valence-electron chi connectivity index (χ1n) is 5.75. The van der Waals surface area contributed by atoms with Crippen LogP contribution in [0.15, 0.2) is 51.8 Å². The van der Waals surface area contributed by atoms with Crippen LogP contribution in [0.3, 0.4) is 0 Å². The summed E-state index contributed by atoms with van der Waals surface area (Å²) in [5, 5.41) is 9.05. The second kappa shape index (κ2) is 6.13. The molecular weight excluding hydrogens is 356 g/mol. The van der Waals surface area contributed by atoms with Crippen LogP contribution in [0, 0.1) is 11.3 Å². The van der Waals surface area contributed by atoms with Gasteiger partial charge < -0.3 is 5.43 Å². The summed E-state index contributed by atoms with van der Waals surface area (Å²) in [6.45, 7) is 0. The number of rotatable bonds is 4. The van der Waals surface area contributed by atoms with Crippen LogP contribution in [0.4, 0.5) is 11.4 Å². The van der Waals surface area contributed by atoms with E-state index in [1.807, 2.05) is 6.07 Å². The SMILES string of the molecule is N#Cc1cc(Br)ccc1NS(=O)(=O)c1ccc(NN)cc1. The van der Waals surface area contributed by atoms with Crippen molar-refractivity contribution in [2.75, 3.05) is 10.1 Å². The van der Waals surface area contributed by atoms with E-state index in [-0.39, 0.29) is 16.1 Å². The molecule has 8 heteroatoms. The normalized spacial score (nSPS) is 10.7. The smallest absolute Gasteiger partial charge is 0.261 e. The molecule has 2 rings (SSSR count). The Hall–Kier alpha value is -2.08. The predicted molar refractivity (Wildman–Crippen MR) is 83.9 cm³/mol. The molecule has 0 saturated heterocycles. The quantitative estimate of drug-likeness (QED) is 0.568. The Morgan fingerprint density at radius 1 is 1.14 bits per heavy atom. The Kier molecular flexibility index (Phi) is 4.47. The van der Waals surface area contributed by atoms with Crippen molar-refractivity contribution in [1.82, 2.24) is 0 Å². The molecule has 2 aromatic rings. The highest BCUT2D eigenvalue weighted by atomic mass is 79.9. The first-order chi connectivity index (χ1) is 9.96. The number of hydrogen-bond acceptors (Lipinski definition) is 5. The zero-order valence-corrected chi connectivity index (χ0v) is 13.1. The van der Waals surface area contributed by atoms with Crippen LogP contribution in [0.1, 0.15) is 5.56 Å². The van der Waals surface area contributed by atoms with Crippen LogP contribution in [0.2, 0.25) is 0 Å². The minimum atomic E-state index is -3.77. The summed E-state index contributed by atoms with van der Waals surface area (Å²) in [6, 6.07) is 12.6. The van der Waals surface area contributed by atoms with Crippen LogP contribution in [0.25, 0.3) is 0 Å². The number of nitrogens with zero attached hydrogens (tertiary/aromatic N) is 1. The molecule has 0 heterocycles. The summed E-state index contributed by atoms with van der Waals surface area (Å²) < 4.78 is 27.6. The highest BCUT2D eigenvalue weighted by Gasteiger charge is 2.16. The molecule has 0 aliphatic heterocycles. The fourth-order valence-corrected chi connectivity index (χ4v) is 3.07. The molecule has 0 bridgehead atoms. The van der Waals surface area contributed by atoms with Gasteiger partial charge in [-0.1, -0.05) is 15.9 Å². The molecule has 0 radical (unpaired) electrons. The largest absolute Gasteiger partial charge is 0.324 e. The van der Waals surface area contributed by atoms with E-state index in [2.05, 4.69) is 26.1 Å². The third-order valence-corrected chi connectivity index (χ3v) is 4.55. The minimum absolute atomic E-state index is 0.0771. The lowest BCUT2D eigenvalue weighted by Gasteiger charge is -2.10. The third-order valence-electron chi connectivity index (χ3n) is 2.68. The number of hydrogen-bond donors (Lipinski definition) is 3. The molecule has 0 saturated carbocycles. The van der Waals surface area contributed by atoms with Crippen LogP contribution in [-0.2, 0) is 10.0 Å². The molecule has 0 aliphatic rings. The van der Waals surface area contributed by atoms with Crippen molar-refractivity contribution in [3.8, 4) is 6.07 Å². The molecule has 0 atom stereocenters. The number of anilines is 2. The van der Waals surface area contributed by atoms with Crippen molar-refractivity contribution in [1.29, 1.82) is 5.26 Å². The Bertz CT molecular complexity index is 798. The van der Waals surface area contributed by atoms with E-state index < -0.39 is 10.0 Å². The van der Waals surface area contributed by atoms with Gasteiger partial charge in [0.15, 0.2) is 0 Å². The standard InChI is InChI=1S/C13H11BrN4O2S/c14-10-1-6-13(9(7-10)8-15)18-21(19,20)12-4-2-11(17-16)3-5-12/h1-7,17-18H,16H2. The van der Waals surface area contributed by atoms with Crippen LogP contribution < -0.4 is 16.0 Å². The van der Waals surface area contributed by atoms with Crippen molar-refractivity contribution >= 4 is 37.3 Å². The Morgan fingerprint density at radius 3 is 2.38 bits per heavy atom. The van der Waals surface area contributed by atoms with Crippen molar-refractivity contribution in [2.24, 2.45) is 5.84 Å². The highest BCUT2D eigenvalue weighted by molar-refractivity contribution is 9.10. The number of benzene rings is 2. The maximum absolute atomic E-state index is 12.3. The third kappa shape index (κ3) is 3.52. The van der Waals surface area contributed by atoms with Gasteiger partial charge in [0.25, 0.3) is 10.0 Å². The Morgan fingerprint density at radius 2 is 1.81 bits per heavy atom. The van der Waals surface area contributed by atoms with E-state index in [0.717, 1.165) is 0 Å². The van der Waals surface area contributed by atoms with Gasteiger partial charge >= 0.3 is 0 Å². The van der Waals surface area contributed by atoms with E-state index in [0.29, 0.717) is 10.2 Å². The zero-order chi connectivity index (χ0) is 15.5. The molecule has 108 valence electrons. The number of sulfonamides is 1. The summed E-state index contributed by atoms with van der Waals surface area (Å²) in [5.74, 6) is 5.23. The number of nitriles is 1. The molecule has 21 heavy (non-hydrogen) atoms. The molecule has 4 N–H and O–H groups in total. The van der Waals surface area contributed by atoms with E-state index in [4.69, 9.17) is 11.1 Å². The monoisotopic (exact) mass is 366 g/mol. The zero-order valence-electron chi connectivity index (χ0n) is 10.7. The first kappa shape index (κ1) is 15.3. The second-order valence-corrected chi connectivity index (χ2v) is 6.67. The minimum Gasteiger partial charge on any atom is -0.324 e. The van der Waals surface area contributed by atoms with E-state index in [1.54, 1.807) is 24.3 Å². The summed E-state index contributed by atoms with van der Waals surface area (Å²) in [7, 11) is -3.77. The van der Waals surface area contributed by atoms with Gasteiger partial charge in [-0.15, -0.1) is 0 Å². The van der Waals surface area contributed by atoms with Crippen LogP contribution in [-0.4, -0.2) is 8.42 Å². The number of nitrogen functional groups attached to an aromatic ring is 1. The molecule has 0 amide bonds. The van der Waals surface area contributed by atoms with Gasteiger partial charge in [-0.05, 0) is 42.5 Å². The van der Waals surface area contributed by atoms with E-state index in [1.165, 1.54) is 18.2 Å². The summed E-state index contributed by atoms with van der Waals surface area (Å²) in [5.41, 5.74) is 3.46. The van der Waals surface area contributed by atoms with Gasteiger partial charge in [0.05, 0.1) is 16.1 Å². The molecule has 6 nitrogen and oxygen atoms in total. The maximum Gasteiger partial charge on any atom is 0.261 e. The topological polar surface area (TPSA) is 108 Å². The summed E-state index contributed by atoms with van der Waals surface area (Å²) >= 11 is 3.23. The van der Waals surface area contributed by atoms with Crippen LogP contribution in [0.5, 0.6) is 0 Å². The Balaban J connectivity index is 2.35. The lowest BCUT2D eigenvalue weighted by Crippen LogP contribution is -2.14. The maximum atomic E-state index is 12.3. The van der Waals surface area contributed by atoms with Gasteiger partial charge in [0.1, 0.15) is 6.07 Å². The lowest BCUT2D eigenvalue weighted by molar-refractivity contribution is 0.601. The van der Waals surface area contributed by atoms with Gasteiger partial charge in [0.2, 0.25) is 0 Å². The van der Waals surface area contributed by atoms with Crippen molar-refractivity contribution < 1.29 is 8.42 Å². The van der Waals surface area contributed by atoms with E-state index in [9.17, 15) is 8.42 Å². The fourth-order valence-electron chi connectivity index (χ4n) is 1.63. The van der Waals surface area contributed by atoms with E-state index >= 15 is 0 Å². The predicted octanol–water partition coefficient (Wildman–Crippen LogP) is 2.41. The summed E-state index contributed by atoms with van der Waals surface area (Å²) in [6.07, 6.45) is 0. The molecule has 2 aromatic carbocycles. The molecular formula is C13H11BrN4O2S. The Labute approximate surface area is 130 Å². The molecule has 0 aliphatic carbocycles. The lowest BCUT2D eigenvalue weighted by atomic mass is 10.2. The van der Waals surface area contributed by atoms with Crippen LogP contribution >= 0.6 is 15.9 Å². The fraction of sp³-hybridized carbons (Fsp3) is 0. The first-order valence-corrected chi connectivity index (χ1v) is 8.03. The average molecular weight is 367 g/mol. The number of halogens is 1. The van der Waals surface area contributed by atoms with Crippen molar-refractivity contribution in [2.45, 2.75) is 4.90 Å². The molecule has 0 unspecified atom stereocenters. The molecule has 0 spiro atoms. The molecule has 0 fully saturated rings. The summed E-state index contributed by atoms with van der Waals surface area (Å²) in [4.78, 5) is 0.0771.